The van der Waals surface area contributed by atoms with E-state index in [9.17, 15) is 0 Å². The van der Waals surface area contributed by atoms with Gasteiger partial charge in [0.05, 0.1) is 6.10 Å². The Kier molecular flexibility index (Phi) is 2.59. The summed E-state index contributed by atoms with van der Waals surface area (Å²) in [5, 5.41) is 0. The molecule has 2 N–H and O–H groups in total. The van der Waals surface area contributed by atoms with Gasteiger partial charge in [0, 0.05) is 36.6 Å². The number of hydrogen-bond acceptors (Lipinski definition) is 3. The van der Waals surface area contributed by atoms with E-state index in [2.05, 4.69) is 25.8 Å². The highest BCUT2D eigenvalue weighted by atomic mass is 16.5. The molecule has 1 saturated heterocycles. The average Bonchev–Trinajstić information content (AvgIpc) is 2.92. The summed E-state index contributed by atoms with van der Waals surface area (Å²) in [6.07, 6.45) is 4.39. The zero-order valence-corrected chi connectivity index (χ0v) is 11.4. The smallest absolute Gasteiger partial charge is 0.0691 e. The lowest BCUT2D eigenvalue weighted by atomic mass is 9.48. The Balaban J connectivity index is 1.67. The van der Waals surface area contributed by atoms with Crippen LogP contribution in [0.4, 0.5) is 0 Å². The lowest BCUT2D eigenvalue weighted by Gasteiger charge is -2.63. The van der Waals surface area contributed by atoms with Gasteiger partial charge in [-0.15, -0.1) is 0 Å². The number of nitrogens with zero attached hydrogens (tertiary/aromatic N) is 1. The van der Waals surface area contributed by atoms with Crippen LogP contribution in [-0.4, -0.2) is 43.3 Å². The summed E-state index contributed by atoms with van der Waals surface area (Å²) in [6, 6.07) is 0. The molecule has 0 aromatic heterocycles. The molecule has 2 aliphatic carbocycles. The second-order valence-corrected chi connectivity index (χ2v) is 7.09. The van der Waals surface area contributed by atoms with Crippen molar-refractivity contribution in [1.82, 2.24) is 4.90 Å². The highest BCUT2D eigenvalue weighted by Crippen LogP contribution is 2.58. The first-order valence-corrected chi connectivity index (χ1v) is 7.04. The maximum absolute atomic E-state index is 6.74. The molecule has 1 heterocycles. The van der Waals surface area contributed by atoms with Crippen molar-refractivity contribution < 1.29 is 4.74 Å². The van der Waals surface area contributed by atoms with Gasteiger partial charge in [0.1, 0.15) is 0 Å². The quantitative estimate of drug-likeness (QED) is 0.806. The van der Waals surface area contributed by atoms with Crippen LogP contribution in [0.1, 0.15) is 33.1 Å². The van der Waals surface area contributed by atoms with Gasteiger partial charge in [-0.05, 0) is 32.2 Å². The molecule has 0 bridgehead atoms. The summed E-state index contributed by atoms with van der Waals surface area (Å²) in [5.41, 5.74) is 6.83. The van der Waals surface area contributed by atoms with E-state index in [0.717, 1.165) is 25.5 Å². The zero-order chi connectivity index (χ0) is 12.3. The summed E-state index contributed by atoms with van der Waals surface area (Å²) in [4.78, 5) is 2.45. The number of ether oxygens (including phenoxy) is 1. The molecule has 3 nitrogen and oxygen atoms in total. The molecule has 3 fully saturated rings. The van der Waals surface area contributed by atoms with E-state index in [0.29, 0.717) is 12.0 Å². The summed E-state index contributed by atoms with van der Waals surface area (Å²) in [7, 11) is 2.23. The standard InChI is InChI=1S/C14H26N2O/c1-13(2)12-11(6-7-17-12)14(13,15)9-16(3)8-10-4-5-10/h10-12H,4-9,15H2,1-3H3. The predicted molar refractivity (Wildman–Crippen MR) is 68.8 cm³/mol. The average molecular weight is 238 g/mol. The topological polar surface area (TPSA) is 38.5 Å². The lowest BCUT2D eigenvalue weighted by molar-refractivity contribution is -0.162. The third-order valence-electron chi connectivity index (χ3n) is 5.46. The fourth-order valence-corrected chi connectivity index (χ4v) is 4.05. The molecule has 3 heteroatoms. The van der Waals surface area contributed by atoms with Crippen molar-refractivity contribution in [3.8, 4) is 0 Å². The van der Waals surface area contributed by atoms with Gasteiger partial charge in [0.25, 0.3) is 0 Å². The summed E-state index contributed by atoms with van der Waals surface area (Å²) < 4.78 is 5.84. The van der Waals surface area contributed by atoms with Crippen LogP contribution in [0, 0.1) is 17.3 Å². The maximum Gasteiger partial charge on any atom is 0.0691 e. The van der Waals surface area contributed by atoms with Crippen LogP contribution in [0.5, 0.6) is 0 Å². The first kappa shape index (κ1) is 11.9. The van der Waals surface area contributed by atoms with Crippen LogP contribution in [0.15, 0.2) is 0 Å². The maximum atomic E-state index is 6.74. The van der Waals surface area contributed by atoms with E-state index in [-0.39, 0.29) is 11.0 Å². The fourth-order valence-electron chi connectivity index (χ4n) is 4.05. The Morgan fingerprint density at radius 3 is 2.65 bits per heavy atom. The Labute approximate surface area is 105 Å². The largest absolute Gasteiger partial charge is 0.377 e. The molecule has 0 spiro atoms. The second kappa shape index (κ2) is 3.69. The highest BCUT2D eigenvalue weighted by Gasteiger charge is 2.67. The zero-order valence-electron chi connectivity index (χ0n) is 11.4. The first-order chi connectivity index (χ1) is 7.95. The summed E-state index contributed by atoms with van der Waals surface area (Å²) in [6.45, 7) is 7.73. The molecule has 0 radical (unpaired) electrons. The summed E-state index contributed by atoms with van der Waals surface area (Å²) >= 11 is 0. The molecule has 3 atom stereocenters. The Hall–Kier alpha value is -0.120. The van der Waals surface area contributed by atoms with Crippen LogP contribution in [0.2, 0.25) is 0 Å². The van der Waals surface area contributed by atoms with Crippen molar-refractivity contribution in [1.29, 1.82) is 0 Å². The number of nitrogens with two attached hydrogens (primary N) is 1. The van der Waals surface area contributed by atoms with Gasteiger partial charge >= 0.3 is 0 Å². The van der Waals surface area contributed by atoms with E-state index < -0.39 is 0 Å². The Morgan fingerprint density at radius 1 is 1.29 bits per heavy atom. The molecule has 3 unspecified atom stereocenters. The Morgan fingerprint density at radius 2 is 2.00 bits per heavy atom. The SMILES string of the molecule is CN(CC1CC1)CC1(N)C2CCOC2C1(C)C. The predicted octanol–water partition coefficient (Wildman–Crippen LogP) is 1.47. The molecular formula is C14H26N2O. The molecule has 17 heavy (non-hydrogen) atoms. The van der Waals surface area contributed by atoms with Gasteiger partial charge in [-0.3, -0.25) is 0 Å². The van der Waals surface area contributed by atoms with Crippen LogP contribution in [0.25, 0.3) is 0 Å². The van der Waals surface area contributed by atoms with E-state index >= 15 is 0 Å². The van der Waals surface area contributed by atoms with E-state index in [1.807, 2.05) is 0 Å². The molecule has 1 aliphatic heterocycles. The van der Waals surface area contributed by atoms with Crippen LogP contribution >= 0.6 is 0 Å². The molecule has 3 rings (SSSR count). The fraction of sp³-hybridized carbons (Fsp3) is 1.00. The minimum Gasteiger partial charge on any atom is -0.377 e. The molecule has 0 aromatic carbocycles. The van der Waals surface area contributed by atoms with Crippen molar-refractivity contribution in [2.75, 3.05) is 26.7 Å². The van der Waals surface area contributed by atoms with E-state index in [1.165, 1.54) is 19.4 Å². The van der Waals surface area contributed by atoms with Gasteiger partial charge in [-0.1, -0.05) is 13.8 Å². The van der Waals surface area contributed by atoms with E-state index in [1.54, 1.807) is 0 Å². The van der Waals surface area contributed by atoms with Gasteiger partial charge in [0.2, 0.25) is 0 Å². The second-order valence-electron chi connectivity index (χ2n) is 7.09. The molecule has 98 valence electrons. The van der Waals surface area contributed by atoms with Gasteiger partial charge < -0.3 is 15.4 Å². The molecular weight excluding hydrogens is 212 g/mol. The molecule has 2 saturated carbocycles. The number of rotatable bonds is 4. The molecule has 0 amide bonds. The summed E-state index contributed by atoms with van der Waals surface area (Å²) in [5.74, 6) is 1.53. The van der Waals surface area contributed by atoms with Gasteiger partial charge in [0.15, 0.2) is 0 Å². The van der Waals surface area contributed by atoms with Crippen molar-refractivity contribution in [3.63, 3.8) is 0 Å². The van der Waals surface area contributed by atoms with Gasteiger partial charge in [-0.25, -0.2) is 0 Å². The molecule has 0 aromatic rings. The molecule has 3 aliphatic rings. The van der Waals surface area contributed by atoms with Crippen molar-refractivity contribution >= 4 is 0 Å². The van der Waals surface area contributed by atoms with Crippen LogP contribution < -0.4 is 5.73 Å². The monoisotopic (exact) mass is 238 g/mol. The lowest BCUT2D eigenvalue weighted by Crippen LogP contribution is -2.78. The minimum absolute atomic E-state index is 0.0438. The van der Waals surface area contributed by atoms with Crippen LogP contribution in [0.3, 0.4) is 0 Å². The van der Waals surface area contributed by atoms with Crippen LogP contribution in [-0.2, 0) is 4.74 Å². The normalized spacial score (nSPS) is 43.6. The van der Waals surface area contributed by atoms with Crippen molar-refractivity contribution in [3.05, 3.63) is 0 Å². The van der Waals surface area contributed by atoms with Crippen molar-refractivity contribution in [2.45, 2.75) is 44.8 Å². The minimum atomic E-state index is -0.0438. The number of hydrogen-bond donors (Lipinski definition) is 1. The number of fused-ring (bicyclic) bond motifs is 1. The highest BCUT2D eigenvalue weighted by molar-refractivity contribution is 5.21. The third-order valence-corrected chi connectivity index (χ3v) is 5.46. The van der Waals surface area contributed by atoms with E-state index in [4.69, 9.17) is 10.5 Å². The first-order valence-electron chi connectivity index (χ1n) is 7.04. The third kappa shape index (κ3) is 1.66. The number of likely N-dealkylation sites (N-methyl/N-ethyl adjacent to an activating group) is 1. The van der Waals surface area contributed by atoms with Gasteiger partial charge in [-0.2, -0.15) is 0 Å². The Bertz CT molecular complexity index is 313. The van der Waals surface area contributed by atoms with Crippen molar-refractivity contribution in [2.24, 2.45) is 23.0 Å².